The lowest BCUT2D eigenvalue weighted by molar-refractivity contribution is -0.134. The fourth-order valence-corrected chi connectivity index (χ4v) is 2.22. The quantitative estimate of drug-likeness (QED) is 0.728. The first-order valence-corrected chi connectivity index (χ1v) is 7.12. The summed E-state index contributed by atoms with van der Waals surface area (Å²) in [4.78, 5) is 10.7. The molecule has 3 rings (SSSR count). The molecule has 0 saturated carbocycles. The number of fused-ring (bicyclic) bond motifs is 1. The Morgan fingerprint density at radius 1 is 1.00 bits per heavy atom. The summed E-state index contributed by atoms with van der Waals surface area (Å²) in [7, 11) is 0. The van der Waals surface area contributed by atoms with Crippen LogP contribution in [0.3, 0.4) is 0 Å². The first-order valence-electron chi connectivity index (χ1n) is 7.12. The smallest absolute Gasteiger partial charge is 0.322 e. The zero-order valence-electron chi connectivity index (χ0n) is 12.3. The van der Waals surface area contributed by atoms with Crippen LogP contribution in [0.4, 0.5) is 5.82 Å². The molecular weight excluding hydrogens is 294 g/mol. The van der Waals surface area contributed by atoms with Crippen molar-refractivity contribution in [2.75, 3.05) is 11.9 Å². The molecule has 23 heavy (non-hydrogen) atoms. The number of hydrogen-bond acceptors (Lipinski definition) is 5. The van der Waals surface area contributed by atoms with E-state index in [1.807, 2.05) is 54.6 Å². The van der Waals surface area contributed by atoms with Gasteiger partial charge in [0.05, 0.1) is 0 Å². The minimum atomic E-state index is -0.952. The van der Waals surface area contributed by atoms with Gasteiger partial charge in [-0.2, -0.15) is 0 Å². The van der Waals surface area contributed by atoms with Crippen molar-refractivity contribution in [3.05, 3.63) is 60.3 Å². The second-order valence-corrected chi connectivity index (χ2v) is 4.89. The Morgan fingerprint density at radius 3 is 2.43 bits per heavy atom. The van der Waals surface area contributed by atoms with Crippen LogP contribution >= 0.6 is 0 Å². The molecule has 6 heteroatoms. The Labute approximate surface area is 132 Å². The van der Waals surface area contributed by atoms with E-state index in [0.717, 1.165) is 16.5 Å². The Bertz CT molecular complexity index is 822. The summed E-state index contributed by atoms with van der Waals surface area (Å²) < 4.78 is 5.72. The zero-order chi connectivity index (χ0) is 16.1. The Morgan fingerprint density at radius 2 is 1.70 bits per heavy atom. The molecular formula is C17H15N3O3. The van der Waals surface area contributed by atoms with E-state index >= 15 is 0 Å². The van der Waals surface area contributed by atoms with E-state index in [4.69, 9.17) is 9.84 Å². The van der Waals surface area contributed by atoms with E-state index in [1.54, 1.807) is 0 Å². The SMILES string of the molecule is O=C(O)CNc1nnc(COc2ccccc2)c2ccccc12. The lowest BCUT2D eigenvalue weighted by atomic mass is 10.1. The van der Waals surface area contributed by atoms with Crippen molar-refractivity contribution in [2.45, 2.75) is 6.61 Å². The van der Waals surface area contributed by atoms with Crippen molar-refractivity contribution in [3.63, 3.8) is 0 Å². The average Bonchev–Trinajstić information content (AvgIpc) is 2.59. The van der Waals surface area contributed by atoms with Crippen LogP contribution in [-0.4, -0.2) is 27.8 Å². The number of benzene rings is 2. The molecule has 0 unspecified atom stereocenters. The minimum Gasteiger partial charge on any atom is -0.487 e. The summed E-state index contributed by atoms with van der Waals surface area (Å²) in [5, 5.41) is 21.5. The fraction of sp³-hybridized carbons (Fsp3) is 0.118. The monoisotopic (exact) mass is 309 g/mol. The Hall–Kier alpha value is -3.15. The van der Waals surface area contributed by atoms with E-state index in [1.165, 1.54) is 0 Å². The number of rotatable bonds is 6. The predicted molar refractivity (Wildman–Crippen MR) is 86.4 cm³/mol. The number of nitrogens with one attached hydrogen (secondary N) is 1. The number of aliphatic carboxylic acids is 1. The van der Waals surface area contributed by atoms with Gasteiger partial charge in [-0.05, 0) is 12.1 Å². The molecule has 0 amide bonds. The highest BCUT2D eigenvalue weighted by Gasteiger charge is 2.10. The molecule has 0 fully saturated rings. The highest BCUT2D eigenvalue weighted by molar-refractivity contribution is 5.93. The fourth-order valence-electron chi connectivity index (χ4n) is 2.22. The van der Waals surface area contributed by atoms with Gasteiger partial charge in [-0.25, -0.2) is 0 Å². The van der Waals surface area contributed by atoms with Gasteiger partial charge in [0.1, 0.15) is 24.6 Å². The highest BCUT2D eigenvalue weighted by atomic mass is 16.5. The van der Waals surface area contributed by atoms with E-state index in [-0.39, 0.29) is 13.2 Å². The molecule has 0 radical (unpaired) electrons. The first kappa shape index (κ1) is 14.8. The van der Waals surface area contributed by atoms with Crippen LogP contribution in [0.1, 0.15) is 5.69 Å². The van der Waals surface area contributed by atoms with Crippen molar-refractivity contribution >= 4 is 22.6 Å². The number of carbonyl (C=O) groups is 1. The zero-order valence-corrected chi connectivity index (χ0v) is 12.3. The van der Waals surface area contributed by atoms with E-state index in [9.17, 15) is 4.79 Å². The summed E-state index contributed by atoms with van der Waals surface area (Å²) >= 11 is 0. The van der Waals surface area contributed by atoms with Gasteiger partial charge in [-0.1, -0.05) is 42.5 Å². The van der Waals surface area contributed by atoms with Crippen LogP contribution in [0.2, 0.25) is 0 Å². The van der Waals surface area contributed by atoms with Gasteiger partial charge in [0.2, 0.25) is 0 Å². The van der Waals surface area contributed by atoms with Gasteiger partial charge in [0.15, 0.2) is 5.82 Å². The van der Waals surface area contributed by atoms with Crippen molar-refractivity contribution in [1.29, 1.82) is 0 Å². The van der Waals surface area contributed by atoms with Gasteiger partial charge in [0, 0.05) is 10.8 Å². The first-order chi connectivity index (χ1) is 11.2. The van der Waals surface area contributed by atoms with Crippen molar-refractivity contribution < 1.29 is 14.6 Å². The molecule has 116 valence electrons. The van der Waals surface area contributed by atoms with Gasteiger partial charge in [-0.3, -0.25) is 4.79 Å². The summed E-state index contributed by atoms with van der Waals surface area (Å²) in [6, 6.07) is 17.0. The van der Waals surface area contributed by atoms with Crippen molar-refractivity contribution in [2.24, 2.45) is 0 Å². The summed E-state index contributed by atoms with van der Waals surface area (Å²) in [6.45, 7) is 0.0786. The van der Waals surface area contributed by atoms with Crippen LogP contribution in [0, 0.1) is 0 Å². The Kier molecular flexibility index (Phi) is 4.33. The molecule has 1 heterocycles. The molecule has 1 aromatic heterocycles. The van der Waals surface area contributed by atoms with E-state index < -0.39 is 5.97 Å². The second kappa shape index (κ2) is 6.74. The van der Waals surface area contributed by atoms with Crippen molar-refractivity contribution in [1.82, 2.24) is 10.2 Å². The van der Waals surface area contributed by atoms with Crippen LogP contribution in [-0.2, 0) is 11.4 Å². The molecule has 2 aromatic carbocycles. The molecule has 0 spiro atoms. The number of carboxylic acid groups (broad SMARTS) is 1. The molecule has 0 atom stereocenters. The largest absolute Gasteiger partial charge is 0.487 e. The minimum absolute atomic E-state index is 0.210. The number of carboxylic acids is 1. The van der Waals surface area contributed by atoms with Gasteiger partial charge < -0.3 is 15.2 Å². The third kappa shape index (κ3) is 3.55. The predicted octanol–water partition coefficient (Wildman–Crippen LogP) is 2.71. The maximum atomic E-state index is 10.7. The number of anilines is 1. The third-order valence-corrected chi connectivity index (χ3v) is 3.29. The van der Waals surface area contributed by atoms with Gasteiger partial charge >= 0.3 is 5.97 Å². The lowest BCUT2D eigenvalue weighted by Gasteiger charge is -2.10. The molecule has 0 aliphatic rings. The topological polar surface area (TPSA) is 84.3 Å². The average molecular weight is 309 g/mol. The standard InChI is InChI=1S/C17H15N3O3/c21-16(22)10-18-17-14-9-5-4-8-13(14)15(19-20-17)11-23-12-6-2-1-3-7-12/h1-9H,10-11H2,(H,18,20)(H,21,22). The number of hydrogen-bond donors (Lipinski definition) is 2. The van der Waals surface area contributed by atoms with Crippen LogP contribution in [0.25, 0.3) is 10.8 Å². The molecule has 6 nitrogen and oxygen atoms in total. The Balaban J connectivity index is 1.87. The summed E-state index contributed by atoms with van der Waals surface area (Å²) in [5.41, 5.74) is 0.699. The molecule has 0 aliphatic carbocycles. The van der Waals surface area contributed by atoms with E-state index in [2.05, 4.69) is 15.5 Å². The molecule has 0 bridgehead atoms. The second-order valence-electron chi connectivity index (χ2n) is 4.89. The van der Waals surface area contributed by atoms with Crippen LogP contribution < -0.4 is 10.1 Å². The summed E-state index contributed by atoms with van der Waals surface area (Å²) in [5.74, 6) is 0.255. The van der Waals surface area contributed by atoms with E-state index in [0.29, 0.717) is 11.5 Å². The molecule has 0 saturated heterocycles. The lowest BCUT2D eigenvalue weighted by Crippen LogP contribution is -2.14. The number of para-hydroxylation sites is 1. The molecule has 2 N–H and O–H groups in total. The molecule has 0 aliphatic heterocycles. The maximum Gasteiger partial charge on any atom is 0.322 e. The van der Waals surface area contributed by atoms with Gasteiger partial charge in [-0.15, -0.1) is 10.2 Å². The third-order valence-electron chi connectivity index (χ3n) is 3.29. The number of ether oxygens (including phenoxy) is 1. The van der Waals surface area contributed by atoms with Crippen LogP contribution in [0.15, 0.2) is 54.6 Å². The molecule has 3 aromatic rings. The van der Waals surface area contributed by atoms with Gasteiger partial charge in [0.25, 0.3) is 0 Å². The summed E-state index contributed by atoms with van der Waals surface area (Å²) in [6.07, 6.45) is 0. The van der Waals surface area contributed by atoms with Crippen LogP contribution in [0.5, 0.6) is 5.75 Å². The maximum absolute atomic E-state index is 10.7. The van der Waals surface area contributed by atoms with Crippen molar-refractivity contribution in [3.8, 4) is 5.75 Å². The normalized spacial score (nSPS) is 10.4. The number of nitrogens with zero attached hydrogens (tertiary/aromatic N) is 2. The highest BCUT2D eigenvalue weighted by Crippen LogP contribution is 2.23. The number of aromatic nitrogens is 2.